The van der Waals surface area contributed by atoms with E-state index in [4.69, 9.17) is 4.74 Å². The number of anilines is 1. The van der Waals surface area contributed by atoms with E-state index in [0.717, 1.165) is 27.5 Å². The topological polar surface area (TPSA) is 68.5 Å². The minimum Gasteiger partial charge on any atom is -0.493 e. The number of rotatable bonds is 6. The summed E-state index contributed by atoms with van der Waals surface area (Å²) in [6, 6.07) is 6.05. The van der Waals surface area contributed by atoms with Crippen LogP contribution in [-0.2, 0) is 4.79 Å². The van der Waals surface area contributed by atoms with Gasteiger partial charge in [0.05, 0.1) is 12.3 Å². The first-order valence-electron chi connectivity index (χ1n) is 7.84. The summed E-state index contributed by atoms with van der Waals surface area (Å²) >= 11 is 1.50. The molecule has 2 aromatic heterocycles. The van der Waals surface area contributed by atoms with E-state index in [0.29, 0.717) is 25.4 Å². The Bertz CT molecular complexity index is 848. The fourth-order valence-corrected chi connectivity index (χ4v) is 3.27. The highest BCUT2D eigenvalue weighted by Gasteiger charge is 2.10. The summed E-state index contributed by atoms with van der Waals surface area (Å²) < 4.78 is 7.53. The van der Waals surface area contributed by atoms with Crippen molar-refractivity contribution < 1.29 is 9.53 Å². The van der Waals surface area contributed by atoms with Crippen molar-refractivity contribution in [2.75, 3.05) is 11.9 Å². The Balaban J connectivity index is 1.47. The van der Waals surface area contributed by atoms with E-state index in [1.807, 2.05) is 44.4 Å². The number of ether oxygens (including phenoxy) is 1. The van der Waals surface area contributed by atoms with Crippen LogP contribution in [0.15, 0.2) is 23.6 Å². The molecule has 1 N–H and O–H groups in total. The second-order valence-corrected chi connectivity index (χ2v) is 6.56. The van der Waals surface area contributed by atoms with Gasteiger partial charge in [-0.1, -0.05) is 18.2 Å². The van der Waals surface area contributed by atoms with Gasteiger partial charge < -0.3 is 4.74 Å². The van der Waals surface area contributed by atoms with Gasteiger partial charge in [0.2, 0.25) is 16.8 Å². The van der Waals surface area contributed by atoms with E-state index in [1.54, 1.807) is 4.52 Å². The van der Waals surface area contributed by atoms with Crippen molar-refractivity contribution in [2.24, 2.45) is 0 Å². The summed E-state index contributed by atoms with van der Waals surface area (Å²) in [5, 5.41) is 8.98. The highest BCUT2D eigenvalue weighted by Crippen LogP contribution is 2.22. The first kappa shape index (κ1) is 16.4. The summed E-state index contributed by atoms with van der Waals surface area (Å²) in [5.74, 6) is 1.16. The molecule has 0 saturated carbocycles. The standard InChI is InChI=1S/C17H20N4O2S/c1-11-6-4-7-12(2)15(11)23-9-5-8-14(22)18-16-19-17-21(20-16)13(3)10-24-17/h4,6-7,10H,5,8-9H2,1-3H3,(H,18,20,22). The molecule has 1 aromatic carbocycles. The van der Waals surface area contributed by atoms with Crippen LogP contribution in [0.2, 0.25) is 0 Å². The van der Waals surface area contributed by atoms with E-state index >= 15 is 0 Å². The number of fused-ring (bicyclic) bond motifs is 1. The molecule has 3 rings (SSSR count). The number of carbonyl (C=O) groups excluding carboxylic acids is 1. The molecule has 0 aliphatic carbocycles. The second kappa shape index (κ2) is 7.00. The number of hydrogen-bond acceptors (Lipinski definition) is 5. The van der Waals surface area contributed by atoms with Gasteiger partial charge in [0.15, 0.2) is 0 Å². The van der Waals surface area contributed by atoms with Crippen molar-refractivity contribution in [3.8, 4) is 5.75 Å². The van der Waals surface area contributed by atoms with Crippen LogP contribution in [0.1, 0.15) is 29.7 Å². The quantitative estimate of drug-likeness (QED) is 0.695. The third-order valence-electron chi connectivity index (χ3n) is 3.70. The Hall–Kier alpha value is -2.41. The van der Waals surface area contributed by atoms with E-state index in [9.17, 15) is 4.79 Å². The Morgan fingerprint density at radius 1 is 1.29 bits per heavy atom. The fourth-order valence-electron chi connectivity index (χ4n) is 2.47. The molecule has 0 aliphatic rings. The number of benzene rings is 1. The fraction of sp³-hybridized carbons (Fsp3) is 0.353. The van der Waals surface area contributed by atoms with Gasteiger partial charge in [-0.05, 0) is 38.3 Å². The number of nitrogens with zero attached hydrogens (tertiary/aromatic N) is 3. The van der Waals surface area contributed by atoms with Gasteiger partial charge >= 0.3 is 0 Å². The molecule has 0 fully saturated rings. The maximum atomic E-state index is 12.0. The molecule has 126 valence electrons. The predicted octanol–water partition coefficient (Wildman–Crippen LogP) is 3.51. The summed E-state index contributed by atoms with van der Waals surface area (Å²) in [4.78, 5) is 17.0. The van der Waals surface area contributed by atoms with E-state index in [-0.39, 0.29) is 5.91 Å². The maximum absolute atomic E-state index is 12.0. The van der Waals surface area contributed by atoms with Gasteiger partial charge in [-0.3, -0.25) is 10.1 Å². The van der Waals surface area contributed by atoms with E-state index < -0.39 is 0 Å². The number of nitrogens with one attached hydrogen (secondary N) is 1. The average Bonchev–Trinajstić information content (AvgIpc) is 3.08. The van der Waals surface area contributed by atoms with Crippen LogP contribution in [0.4, 0.5) is 5.95 Å². The van der Waals surface area contributed by atoms with Crippen molar-refractivity contribution in [1.82, 2.24) is 14.6 Å². The molecular weight excluding hydrogens is 324 g/mol. The van der Waals surface area contributed by atoms with E-state index in [1.165, 1.54) is 11.3 Å². The minimum atomic E-state index is -0.101. The number of amides is 1. The van der Waals surface area contributed by atoms with Crippen molar-refractivity contribution in [2.45, 2.75) is 33.6 Å². The molecule has 24 heavy (non-hydrogen) atoms. The summed E-state index contributed by atoms with van der Waals surface area (Å²) in [6.45, 7) is 6.50. The molecule has 0 radical (unpaired) electrons. The Morgan fingerprint density at radius 2 is 2.04 bits per heavy atom. The zero-order valence-corrected chi connectivity index (χ0v) is 14.8. The van der Waals surface area contributed by atoms with Crippen LogP contribution in [0.25, 0.3) is 4.96 Å². The smallest absolute Gasteiger partial charge is 0.250 e. The van der Waals surface area contributed by atoms with Crippen molar-refractivity contribution in [3.05, 3.63) is 40.4 Å². The molecule has 0 aliphatic heterocycles. The monoisotopic (exact) mass is 344 g/mol. The normalized spacial score (nSPS) is 11.0. The lowest BCUT2D eigenvalue weighted by atomic mass is 10.1. The molecule has 0 saturated heterocycles. The van der Waals surface area contributed by atoms with Crippen molar-refractivity contribution >= 4 is 28.2 Å². The van der Waals surface area contributed by atoms with Gasteiger partial charge in [-0.2, -0.15) is 4.98 Å². The molecule has 0 spiro atoms. The van der Waals surface area contributed by atoms with Gasteiger partial charge in [0.25, 0.3) is 0 Å². The molecule has 7 heteroatoms. The van der Waals surface area contributed by atoms with Crippen molar-refractivity contribution in [3.63, 3.8) is 0 Å². The maximum Gasteiger partial charge on any atom is 0.250 e. The Kier molecular flexibility index (Phi) is 4.80. The number of hydrogen-bond donors (Lipinski definition) is 1. The first-order chi connectivity index (χ1) is 11.5. The first-order valence-corrected chi connectivity index (χ1v) is 8.72. The van der Waals surface area contributed by atoms with Crippen LogP contribution < -0.4 is 10.1 Å². The minimum absolute atomic E-state index is 0.101. The second-order valence-electron chi connectivity index (χ2n) is 5.73. The zero-order chi connectivity index (χ0) is 17.1. The van der Waals surface area contributed by atoms with Crippen LogP contribution >= 0.6 is 11.3 Å². The third-order valence-corrected chi connectivity index (χ3v) is 4.64. The van der Waals surface area contributed by atoms with Gasteiger partial charge in [0, 0.05) is 11.8 Å². The summed E-state index contributed by atoms with van der Waals surface area (Å²) in [5.41, 5.74) is 3.22. The predicted molar refractivity (Wildman–Crippen MR) is 94.9 cm³/mol. The zero-order valence-electron chi connectivity index (χ0n) is 14.0. The lowest BCUT2D eigenvalue weighted by molar-refractivity contribution is -0.116. The van der Waals surface area contributed by atoms with E-state index in [2.05, 4.69) is 15.4 Å². The lowest BCUT2D eigenvalue weighted by Crippen LogP contribution is -2.14. The Labute approximate surface area is 144 Å². The lowest BCUT2D eigenvalue weighted by Gasteiger charge is -2.11. The highest BCUT2D eigenvalue weighted by molar-refractivity contribution is 7.15. The van der Waals surface area contributed by atoms with Gasteiger partial charge in [0.1, 0.15) is 5.75 Å². The molecule has 3 aromatic rings. The molecule has 1 amide bonds. The molecule has 6 nitrogen and oxygen atoms in total. The van der Waals surface area contributed by atoms with Gasteiger partial charge in [-0.25, -0.2) is 4.52 Å². The highest BCUT2D eigenvalue weighted by atomic mass is 32.1. The number of thiazole rings is 1. The van der Waals surface area contributed by atoms with Crippen LogP contribution in [0, 0.1) is 20.8 Å². The molecule has 0 bridgehead atoms. The third kappa shape index (κ3) is 3.56. The number of aromatic nitrogens is 3. The van der Waals surface area contributed by atoms with Crippen LogP contribution in [0.3, 0.4) is 0 Å². The SMILES string of the molecule is Cc1cccc(C)c1OCCCC(=O)Nc1nc2scc(C)n2n1. The number of aryl methyl sites for hydroxylation is 3. The van der Waals surface area contributed by atoms with Crippen LogP contribution in [-0.4, -0.2) is 27.1 Å². The Morgan fingerprint density at radius 3 is 2.75 bits per heavy atom. The van der Waals surface area contributed by atoms with Crippen molar-refractivity contribution in [1.29, 1.82) is 0 Å². The summed E-state index contributed by atoms with van der Waals surface area (Å²) in [6.07, 6.45) is 1.01. The largest absolute Gasteiger partial charge is 0.493 e. The van der Waals surface area contributed by atoms with Gasteiger partial charge in [-0.15, -0.1) is 16.4 Å². The molecule has 0 unspecified atom stereocenters. The molecule has 2 heterocycles. The summed E-state index contributed by atoms with van der Waals surface area (Å²) in [7, 11) is 0. The number of carbonyl (C=O) groups is 1. The molecule has 0 atom stereocenters. The number of para-hydroxylation sites is 1. The van der Waals surface area contributed by atoms with Crippen LogP contribution in [0.5, 0.6) is 5.75 Å². The molecular formula is C17H20N4O2S. The average molecular weight is 344 g/mol.